The summed E-state index contributed by atoms with van der Waals surface area (Å²) in [6.07, 6.45) is 0.617. The van der Waals surface area contributed by atoms with Crippen molar-refractivity contribution in [1.29, 1.82) is 0 Å². The van der Waals surface area contributed by atoms with Gasteiger partial charge in [-0.05, 0) is 25.8 Å². The summed E-state index contributed by atoms with van der Waals surface area (Å²) in [6.45, 7) is 6.14. The largest absolute Gasteiger partial charge is 0.241 e. The van der Waals surface area contributed by atoms with Crippen molar-refractivity contribution < 1.29 is 8.42 Å². The Bertz CT molecular complexity index is 721. The molecule has 0 amide bonds. The third kappa shape index (κ3) is 4.12. The highest BCUT2D eigenvalue weighted by Gasteiger charge is 2.14. The maximum Gasteiger partial charge on any atom is 0.211 e. The molecule has 114 valence electrons. The van der Waals surface area contributed by atoms with Gasteiger partial charge in [0.15, 0.2) is 0 Å². The Kier molecular flexibility index (Phi) is 5.13. The molecule has 0 unspecified atom stereocenters. The smallest absolute Gasteiger partial charge is 0.211 e. The van der Waals surface area contributed by atoms with Crippen LogP contribution in [0.2, 0.25) is 0 Å². The Morgan fingerprint density at radius 3 is 2.62 bits per heavy atom. The molecule has 4 nitrogen and oxygen atoms in total. The number of benzene rings is 1. The molecule has 6 heteroatoms. The quantitative estimate of drug-likeness (QED) is 0.887. The molecule has 0 bridgehead atoms. The number of aromatic nitrogens is 1. The van der Waals surface area contributed by atoms with E-state index in [-0.39, 0.29) is 5.75 Å². The Hall–Kier alpha value is -1.24. The lowest BCUT2D eigenvalue weighted by atomic mass is 10.1. The first kappa shape index (κ1) is 16.1. The lowest BCUT2D eigenvalue weighted by Crippen LogP contribution is -2.25. The SMILES string of the molecule is CCCS(=O)(=O)NCc1sc(-c2ccccc2C)nc1C. The third-order valence-corrected chi connectivity index (χ3v) is 5.91. The van der Waals surface area contributed by atoms with Gasteiger partial charge in [0, 0.05) is 17.0 Å². The van der Waals surface area contributed by atoms with Crippen molar-refractivity contribution >= 4 is 21.4 Å². The molecule has 2 aromatic rings. The van der Waals surface area contributed by atoms with Crippen LogP contribution in [0.1, 0.15) is 29.5 Å². The summed E-state index contributed by atoms with van der Waals surface area (Å²) >= 11 is 1.55. The Morgan fingerprint density at radius 2 is 1.95 bits per heavy atom. The number of hydrogen-bond acceptors (Lipinski definition) is 4. The van der Waals surface area contributed by atoms with Crippen LogP contribution in [0.5, 0.6) is 0 Å². The van der Waals surface area contributed by atoms with Gasteiger partial charge in [-0.15, -0.1) is 11.3 Å². The van der Waals surface area contributed by atoms with Crippen molar-refractivity contribution in [3.63, 3.8) is 0 Å². The van der Waals surface area contributed by atoms with Gasteiger partial charge in [-0.3, -0.25) is 0 Å². The minimum atomic E-state index is -3.18. The van der Waals surface area contributed by atoms with Crippen LogP contribution in [0.25, 0.3) is 10.6 Å². The van der Waals surface area contributed by atoms with Gasteiger partial charge in [0.2, 0.25) is 10.0 Å². The molecular weight excluding hydrogens is 304 g/mol. The first-order chi connectivity index (χ1) is 9.93. The van der Waals surface area contributed by atoms with E-state index in [0.717, 1.165) is 21.1 Å². The predicted molar refractivity (Wildman–Crippen MR) is 87.9 cm³/mol. The van der Waals surface area contributed by atoms with Crippen molar-refractivity contribution in [3.8, 4) is 10.6 Å². The topological polar surface area (TPSA) is 59.1 Å². The number of hydrogen-bond donors (Lipinski definition) is 1. The Morgan fingerprint density at radius 1 is 1.24 bits per heavy atom. The number of thiazole rings is 1. The Balaban J connectivity index is 2.19. The van der Waals surface area contributed by atoms with Gasteiger partial charge in [-0.1, -0.05) is 31.2 Å². The van der Waals surface area contributed by atoms with Crippen LogP contribution in [0.3, 0.4) is 0 Å². The van der Waals surface area contributed by atoms with Gasteiger partial charge in [0.25, 0.3) is 0 Å². The predicted octanol–water partition coefficient (Wildman–Crippen LogP) is 3.26. The average molecular weight is 324 g/mol. The van der Waals surface area contributed by atoms with Gasteiger partial charge >= 0.3 is 0 Å². The first-order valence-corrected chi connectivity index (χ1v) is 9.39. The summed E-state index contributed by atoms with van der Waals surface area (Å²) in [5.74, 6) is 0.162. The van der Waals surface area contributed by atoms with Crippen molar-refractivity contribution in [2.45, 2.75) is 33.7 Å². The summed E-state index contributed by atoms with van der Waals surface area (Å²) in [5.41, 5.74) is 3.16. The van der Waals surface area contributed by atoms with E-state index in [1.165, 1.54) is 5.56 Å². The fraction of sp³-hybridized carbons (Fsp3) is 0.400. The molecule has 0 aliphatic carbocycles. The first-order valence-electron chi connectivity index (χ1n) is 6.92. The van der Waals surface area contributed by atoms with Crippen molar-refractivity contribution in [2.75, 3.05) is 5.75 Å². The van der Waals surface area contributed by atoms with Gasteiger partial charge in [-0.25, -0.2) is 18.1 Å². The van der Waals surface area contributed by atoms with Crippen LogP contribution in [-0.4, -0.2) is 19.2 Å². The molecule has 2 rings (SSSR count). The summed E-state index contributed by atoms with van der Waals surface area (Å²) in [4.78, 5) is 5.54. The number of nitrogens with one attached hydrogen (secondary N) is 1. The van der Waals surface area contributed by atoms with E-state index in [1.54, 1.807) is 11.3 Å². The van der Waals surface area contributed by atoms with Gasteiger partial charge in [-0.2, -0.15) is 0 Å². The second kappa shape index (κ2) is 6.68. The molecule has 0 spiro atoms. The highest BCUT2D eigenvalue weighted by Crippen LogP contribution is 2.30. The summed E-state index contributed by atoms with van der Waals surface area (Å²) in [7, 11) is -3.18. The zero-order chi connectivity index (χ0) is 15.5. The minimum Gasteiger partial charge on any atom is -0.241 e. The lowest BCUT2D eigenvalue weighted by molar-refractivity contribution is 0.580. The van der Waals surface area contributed by atoms with Gasteiger partial charge in [0.1, 0.15) is 5.01 Å². The van der Waals surface area contributed by atoms with E-state index in [0.29, 0.717) is 13.0 Å². The molecule has 1 heterocycles. The summed E-state index contributed by atoms with van der Waals surface area (Å²) in [6, 6.07) is 8.08. The monoisotopic (exact) mass is 324 g/mol. The molecule has 1 aromatic carbocycles. The van der Waals surface area contributed by atoms with Crippen LogP contribution in [0, 0.1) is 13.8 Å². The standard InChI is InChI=1S/C15H20N2O2S2/c1-4-9-21(18,19)16-10-14-12(3)17-15(20-14)13-8-6-5-7-11(13)2/h5-8,16H,4,9-10H2,1-3H3. The van der Waals surface area contributed by atoms with Crippen LogP contribution < -0.4 is 4.72 Å². The molecular formula is C15H20N2O2S2. The van der Waals surface area contributed by atoms with Gasteiger partial charge in [0.05, 0.1) is 11.4 Å². The van der Waals surface area contributed by atoms with Crippen LogP contribution >= 0.6 is 11.3 Å². The molecule has 0 aliphatic heterocycles. The van der Waals surface area contributed by atoms with Crippen molar-refractivity contribution in [2.24, 2.45) is 0 Å². The number of aryl methyl sites for hydroxylation is 2. The molecule has 0 saturated heterocycles. The van der Waals surface area contributed by atoms with E-state index in [9.17, 15) is 8.42 Å². The maximum absolute atomic E-state index is 11.7. The summed E-state index contributed by atoms with van der Waals surface area (Å²) < 4.78 is 26.1. The molecule has 0 aliphatic rings. The fourth-order valence-corrected chi connectivity index (χ4v) is 4.27. The normalized spacial score (nSPS) is 11.8. The van der Waals surface area contributed by atoms with Crippen molar-refractivity contribution in [1.82, 2.24) is 9.71 Å². The molecule has 0 atom stereocenters. The molecule has 0 fully saturated rings. The van der Waals surface area contributed by atoms with Crippen LogP contribution in [0.15, 0.2) is 24.3 Å². The van der Waals surface area contributed by atoms with E-state index in [2.05, 4.69) is 22.7 Å². The molecule has 1 aromatic heterocycles. The second-order valence-corrected chi connectivity index (χ2v) is 7.99. The lowest BCUT2D eigenvalue weighted by Gasteiger charge is -2.04. The van der Waals surface area contributed by atoms with Crippen molar-refractivity contribution in [3.05, 3.63) is 40.4 Å². The summed E-state index contributed by atoms with van der Waals surface area (Å²) in [5, 5.41) is 0.940. The average Bonchev–Trinajstić information content (AvgIpc) is 2.78. The molecule has 0 saturated carbocycles. The fourth-order valence-electron chi connectivity index (χ4n) is 2.04. The van der Waals surface area contributed by atoms with Gasteiger partial charge < -0.3 is 0 Å². The highest BCUT2D eigenvalue weighted by molar-refractivity contribution is 7.89. The number of rotatable bonds is 6. The zero-order valence-electron chi connectivity index (χ0n) is 12.5. The third-order valence-electron chi connectivity index (χ3n) is 3.19. The highest BCUT2D eigenvalue weighted by atomic mass is 32.2. The maximum atomic E-state index is 11.7. The molecule has 0 radical (unpaired) electrons. The Labute approximate surface area is 130 Å². The van der Waals surface area contributed by atoms with E-state index in [4.69, 9.17) is 0 Å². The van der Waals surface area contributed by atoms with E-state index < -0.39 is 10.0 Å². The number of nitrogens with zero attached hydrogens (tertiary/aromatic N) is 1. The number of sulfonamides is 1. The van der Waals surface area contributed by atoms with Crippen LogP contribution in [-0.2, 0) is 16.6 Å². The van der Waals surface area contributed by atoms with E-state index in [1.807, 2.05) is 32.0 Å². The molecule has 21 heavy (non-hydrogen) atoms. The van der Waals surface area contributed by atoms with Crippen LogP contribution in [0.4, 0.5) is 0 Å². The van der Waals surface area contributed by atoms with E-state index >= 15 is 0 Å². The minimum absolute atomic E-state index is 0.162. The second-order valence-electron chi connectivity index (χ2n) is 4.98. The molecule has 1 N–H and O–H groups in total. The zero-order valence-corrected chi connectivity index (χ0v) is 14.1.